The highest BCUT2D eigenvalue weighted by molar-refractivity contribution is 5.95. The molecule has 1 aromatic carbocycles. The Morgan fingerprint density at radius 3 is 2.86 bits per heavy atom. The molecule has 1 unspecified atom stereocenters. The Morgan fingerprint density at radius 2 is 2.09 bits per heavy atom. The molecule has 1 saturated heterocycles. The summed E-state index contributed by atoms with van der Waals surface area (Å²) in [6, 6.07) is 10.2. The zero-order valence-corrected chi connectivity index (χ0v) is 12.6. The van der Waals surface area contributed by atoms with Crippen molar-refractivity contribution in [3.05, 3.63) is 47.2 Å². The molecule has 3 aliphatic heterocycles. The molecule has 0 aliphatic carbocycles. The quantitative estimate of drug-likeness (QED) is 0.913. The van der Waals surface area contributed by atoms with Gasteiger partial charge in [-0.25, -0.2) is 0 Å². The van der Waals surface area contributed by atoms with Crippen molar-refractivity contribution in [2.24, 2.45) is 0 Å². The van der Waals surface area contributed by atoms with Crippen LogP contribution >= 0.6 is 0 Å². The number of rotatable bonds is 3. The topological polar surface area (TPSA) is 44.8 Å². The Morgan fingerprint density at radius 1 is 1.23 bits per heavy atom. The number of hydrogen-bond acceptors (Lipinski definition) is 4. The summed E-state index contributed by atoms with van der Waals surface area (Å²) in [4.78, 5) is 17.0. The number of nitrogens with one attached hydrogen (secondary N) is 1. The third-order valence-electron chi connectivity index (χ3n) is 4.68. The molecule has 22 heavy (non-hydrogen) atoms. The van der Waals surface area contributed by atoms with Gasteiger partial charge in [-0.15, -0.1) is 0 Å². The lowest BCUT2D eigenvalue weighted by Crippen LogP contribution is -2.52. The summed E-state index contributed by atoms with van der Waals surface area (Å²) >= 11 is 0. The van der Waals surface area contributed by atoms with Gasteiger partial charge in [0.25, 0.3) is 5.91 Å². The molecular formula is C17H21N3O2. The Hall–Kier alpha value is -1.85. The van der Waals surface area contributed by atoms with Crippen molar-refractivity contribution in [2.45, 2.75) is 25.6 Å². The normalized spacial score (nSPS) is 25.1. The molecule has 3 aliphatic rings. The summed E-state index contributed by atoms with van der Waals surface area (Å²) in [5.74, 6) is 0.130. The van der Waals surface area contributed by atoms with Gasteiger partial charge < -0.3 is 14.5 Å². The third kappa shape index (κ3) is 2.40. The van der Waals surface area contributed by atoms with E-state index in [0.717, 1.165) is 29.8 Å². The SMILES string of the molecule is O=C1C2=C(COC2)N(C2CCCN2)CN1Cc1ccccc1. The molecule has 0 bridgehead atoms. The molecule has 1 fully saturated rings. The van der Waals surface area contributed by atoms with Crippen molar-refractivity contribution in [3.8, 4) is 0 Å². The van der Waals surface area contributed by atoms with Gasteiger partial charge in [-0.2, -0.15) is 0 Å². The second-order valence-electron chi connectivity index (χ2n) is 6.13. The number of hydrogen-bond donors (Lipinski definition) is 1. The zero-order valence-electron chi connectivity index (χ0n) is 12.6. The molecule has 4 rings (SSSR count). The van der Waals surface area contributed by atoms with Crippen LogP contribution in [-0.4, -0.2) is 48.3 Å². The third-order valence-corrected chi connectivity index (χ3v) is 4.68. The second kappa shape index (κ2) is 5.74. The van der Waals surface area contributed by atoms with Crippen molar-refractivity contribution in [2.75, 3.05) is 26.4 Å². The lowest BCUT2D eigenvalue weighted by molar-refractivity contribution is -0.132. The van der Waals surface area contributed by atoms with Crippen molar-refractivity contribution in [1.82, 2.24) is 15.1 Å². The van der Waals surface area contributed by atoms with Gasteiger partial charge in [0.05, 0.1) is 37.3 Å². The van der Waals surface area contributed by atoms with Gasteiger partial charge >= 0.3 is 0 Å². The van der Waals surface area contributed by atoms with E-state index in [9.17, 15) is 4.79 Å². The average molecular weight is 299 g/mol. The van der Waals surface area contributed by atoms with E-state index in [4.69, 9.17) is 4.74 Å². The first-order valence-electron chi connectivity index (χ1n) is 7.96. The minimum atomic E-state index is 0.130. The average Bonchev–Trinajstić information content (AvgIpc) is 3.22. The Kier molecular flexibility index (Phi) is 3.60. The summed E-state index contributed by atoms with van der Waals surface area (Å²) in [7, 11) is 0. The summed E-state index contributed by atoms with van der Waals surface area (Å²) < 4.78 is 5.56. The number of ether oxygens (including phenoxy) is 1. The van der Waals surface area contributed by atoms with Crippen LogP contribution in [0.2, 0.25) is 0 Å². The Balaban J connectivity index is 1.59. The fourth-order valence-corrected chi connectivity index (χ4v) is 3.53. The Bertz CT molecular complexity index is 593. The largest absolute Gasteiger partial charge is 0.370 e. The highest BCUT2D eigenvalue weighted by Gasteiger charge is 2.38. The van der Waals surface area contributed by atoms with Crippen LogP contribution in [0, 0.1) is 0 Å². The molecule has 0 saturated carbocycles. The predicted molar refractivity (Wildman–Crippen MR) is 82.6 cm³/mol. The van der Waals surface area contributed by atoms with Crippen molar-refractivity contribution < 1.29 is 9.53 Å². The maximum Gasteiger partial charge on any atom is 0.255 e. The van der Waals surface area contributed by atoms with Crippen LogP contribution in [-0.2, 0) is 16.1 Å². The van der Waals surface area contributed by atoms with E-state index in [1.54, 1.807) is 0 Å². The van der Waals surface area contributed by atoms with Gasteiger partial charge in [0.2, 0.25) is 0 Å². The van der Waals surface area contributed by atoms with E-state index in [0.29, 0.717) is 32.6 Å². The number of amides is 1. The smallest absolute Gasteiger partial charge is 0.255 e. The first-order valence-corrected chi connectivity index (χ1v) is 7.96. The van der Waals surface area contributed by atoms with E-state index in [-0.39, 0.29) is 5.91 Å². The number of benzene rings is 1. The molecule has 0 radical (unpaired) electrons. The molecule has 116 valence electrons. The number of nitrogens with zero attached hydrogens (tertiary/aromatic N) is 2. The second-order valence-corrected chi connectivity index (χ2v) is 6.13. The highest BCUT2D eigenvalue weighted by Crippen LogP contribution is 2.29. The number of carbonyl (C=O) groups excluding carboxylic acids is 1. The minimum Gasteiger partial charge on any atom is -0.370 e. The Labute approximate surface area is 130 Å². The first kappa shape index (κ1) is 13.8. The van der Waals surface area contributed by atoms with E-state index >= 15 is 0 Å². The number of carbonyl (C=O) groups is 1. The fourth-order valence-electron chi connectivity index (χ4n) is 3.53. The maximum absolute atomic E-state index is 12.7. The van der Waals surface area contributed by atoms with Crippen molar-refractivity contribution in [3.63, 3.8) is 0 Å². The van der Waals surface area contributed by atoms with E-state index in [2.05, 4.69) is 22.3 Å². The zero-order chi connectivity index (χ0) is 14.9. The molecule has 1 atom stereocenters. The molecule has 1 amide bonds. The lowest BCUT2D eigenvalue weighted by atomic mass is 10.1. The van der Waals surface area contributed by atoms with Gasteiger partial charge in [-0.05, 0) is 24.9 Å². The predicted octanol–water partition coefficient (Wildman–Crippen LogP) is 1.28. The molecule has 3 heterocycles. The van der Waals surface area contributed by atoms with Crippen LogP contribution in [0.15, 0.2) is 41.6 Å². The standard InChI is InChI=1S/C17H21N3O2/c21-17-14-10-22-11-15(14)20(16-7-4-8-18-16)12-19(17)9-13-5-2-1-3-6-13/h1-3,5-6,16,18H,4,7-12H2. The molecule has 0 spiro atoms. The minimum absolute atomic E-state index is 0.130. The maximum atomic E-state index is 12.7. The van der Waals surface area contributed by atoms with E-state index in [1.165, 1.54) is 6.42 Å². The van der Waals surface area contributed by atoms with Gasteiger partial charge in [-0.3, -0.25) is 10.1 Å². The van der Waals surface area contributed by atoms with Gasteiger partial charge in [0.1, 0.15) is 0 Å². The fraction of sp³-hybridized carbons (Fsp3) is 0.471. The summed E-state index contributed by atoms with van der Waals surface area (Å²) in [5, 5.41) is 3.54. The summed E-state index contributed by atoms with van der Waals surface area (Å²) in [6.07, 6.45) is 2.65. The highest BCUT2D eigenvalue weighted by atomic mass is 16.5. The van der Waals surface area contributed by atoms with E-state index < -0.39 is 0 Å². The van der Waals surface area contributed by atoms with Crippen LogP contribution in [0.3, 0.4) is 0 Å². The summed E-state index contributed by atoms with van der Waals surface area (Å²) in [6.45, 7) is 3.37. The molecule has 5 nitrogen and oxygen atoms in total. The molecular weight excluding hydrogens is 278 g/mol. The van der Waals surface area contributed by atoms with Crippen LogP contribution in [0.5, 0.6) is 0 Å². The van der Waals surface area contributed by atoms with E-state index in [1.807, 2.05) is 23.1 Å². The first-order chi connectivity index (χ1) is 10.8. The van der Waals surface area contributed by atoms with Crippen LogP contribution < -0.4 is 5.32 Å². The molecule has 1 aromatic rings. The van der Waals surface area contributed by atoms with Gasteiger partial charge in [-0.1, -0.05) is 30.3 Å². The van der Waals surface area contributed by atoms with Crippen LogP contribution in [0.25, 0.3) is 0 Å². The van der Waals surface area contributed by atoms with Crippen molar-refractivity contribution >= 4 is 5.91 Å². The van der Waals surface area contributed by atoms with Crippen molar-refractivity contribution in [1.29, 1.82) is 0 Å². The molecule has 0 aromatic heterocycles. The molecule has 5 heteroatoms. The van der Waals surface area contributed by atoms with Crippen LogP contribution in [0.1, 0.15) is 18.4 Å². The monoisotopic (exact) mass is 299 g/mol. The lowest BCUT2D eigenvalue weighted by Gasteiger charge is -2.40. The summed E-state index contributed by atoms with van der Waals surface area (Å²) in [5.41, 5.74) is 3.10. The van der Waals surface area contributed by atoms with Gasteiger partial charge in [0, 0.05) is 6.54 Å². The van der Waals surface area contributed by atoms with Gasteiger partial charge in [0.15, 0.2) is 0 Å². The molecule has 1 N–H and O–H groups in total. The van der Waals surface area contributed by atoms with Crippen LogP contribution in [0.4, 0.5) is 0 Å².